The molecule has 1 N–H and O–H groups in total. The van der Waals surface area contributed by atoms with E-state index in [1.807, 2.05) is 18.7 Å². The van der Waals surface area contributed by atoms with Crippen LogP contribution in [0.2, 0.25) is 0 Å². The number of aromatic nitrogens is 2. The molecule has 1 aliphatic rings. The number of ether oxygens (including phenoxy) is 2. The Hall–Kier alpha value is -4.02. The van der Waals surface area contributed by atoms with E-state index < -0.39 is 11.7 Å². The minimum Gasteiger partial charge on any atom is -0.497 e. The van der Waals surface area contributed by atoms with E-state index in [1.54, 1.807) is 29.2 Å². The second-order valence-electron chi connectivity index (χ2n) is 8.67. The van der Waals surface area contributed by atoms with Crippen molar-refractivity contribution < 1.29 is 27.4 Å². The smallest absolute Gasteiger partial charge is 0.416 e. The molecule has 196 valence electrons. The second-order valence-corrected chi connectivity index (χ2v) is 8.67. The van der Waals surface area contributed by atoms with Crippen molar-refractivity contribution in [1.29, 1.82) is 0 Å². The number of nitrogens with one attached hydrogen (secondary N) is 1. The highest BCUT2D eigenvalue weighted by atomic mass is 19.4. The van der Waals surface area contributed by atoms with Gasteiger partial charge in [-0.1, -0.05) is 12.1 Å². The van der Waals surface area contributed by atoms with Gasteiger partial charge in [0.05, 0.1) is 19.8 Å². The number of nitrogens with zero attached hydrogens (tertiary/aromatic N) is 4. The Morgan fingerprint density at radius 2 is 1.59 bits per heavy atom. The van der Waals surface area contributed by atoms with Gasteiger partial charge in [0.1, 0.15) is 17.3 Å². The Labute approximate surface area is 213 Å². The van der Waals surface area contributed by atoms with Crippen LogP contribution in [0.3, 0.4) is 0 Å². The zero-order valence-electron chi connectivity index (χ0n) is 21.0. The third-order valence-corrected chi connectivity index (χ3v) is 6.28. The lowest BCUT2D eigenvalue weighted by atomic mass is 10.1. The topological polar surface area (TPSA) is 79.8 Å². The van der Waals surface area contributed by atoms with E-state index in [4.69, 9.17) is 9.47 Å². The molecule has 1 fully saturated rings. The SMILES string of the molecule is COc1cc(NC(=O)N2CCN(c3nc(-c4cccc(C(F)(F)F)c4)nc(C)c3C)CC2)cc(OC)c1. The highest BCUT2D eigenvalue weighted by Gasteiger charge is 2.31. The molecule has 0 spiro atoms. The number of halogens is 3. The first-order chi connectivity index (χ1) is 17.6. The predicted octanol–water partition coefficient (Wildman–Crippen LogP) is 5.15. The van der Waals surface area contributed by atoms with Gasteiger partial charge in [-0.3, -0.25) is 0 Å². The average Bonchev–Trinajstić information content (AvgIpc) is 2.89. The number of aryl methyl sites for hydroxylation is 1. The number of urea groups is 1. The number of anilines is 2. The van der Waals surface area contributed by atoms with E-state index >= 15 is 0 Å². The summed E-state index contributed by atoms with van der Waals surface area (Å²) in [7, 11) is 3.07. The summed E-state index contributed by atoms with van der Waals surface area (Å²) in [6.45, 7) is 5.59. The van der Waals surface area contributed by atoms with Crippen LogP contribution in [0.4, 0.5) is 29.5 Å². The monoisotopic (exact) mass is 515 g/mol. The zero-order chi connectivity index (χ0) is 26.7. The van der Waals surface area contributed by atoms with Crippen LogP contribution in [-0.4, -0.2) is 61.3 Å². The Morgan fingerprint density at radius 1 is 0.946 bits per heavy atom. The molecule has 0 saturated carbocycles. The molecule has 0 bridgehead atoms. The molecule has 2 aromatic carbocycles. The maximum atomic E-state index is 13.2. The van der Waals surface area contributed by atoms with Crippen LogP contribution >= 0.6 is 0 Å². The van der Waals surface area contributed by atoms with Crippen molar-refractivity contribution >= 4 is 17.5 Å². The molecule has 8 nitrogen and oxygen atoms in total. The number of benzene rings is 2. The fourth-order valence-corrected chi connectivity index (χ4v) is 4.09. The lowest BCUT2D eigenvalue weighted by Gasteiger charge is -2.36. The van der Waals surface area contributed by atoms with Crippen LogP contribution in [0, 0.1) is 13.8 Å². The molecule has 37 heavy (non-hydrogen) atoms. The number of amides is 2. The first-order valence-electron chi connectivity index (χ1n) is 11.7. The van der Waals surface area contributed by atoms with Crippen LogP contribution < -0.4 is 19.7 Å². The molecule has 11 heteroatoms. The standard InChI is InChI=1S/C26H28F3N5O3/c1-16-17(2)30-23(18-6-5-7-19(12-18)26(27,28)29)32-24(16)33-8-10-34(11-9-33)25(35)31-20-13-21(36-3)15-22(14-20)37-4/h5-7,12-15H,8-11H2,1-4H3,(H,31,35). The first-order valence-corrected chi connectivity index (χ1v) is 11.7. The summed E-state index contributed by atoms with van der Waals surface area (Å²) in [5.41, 5.74) is 1.63. The summed E-state index contributed by atoms with van der Waals surface area (Å²) in [5, 5.41) is 2.88. The van der Waals surface area contributed by atoms with Crippen molar-refractivity contribution in [2.75, 3.05) is 50.6 Å². The van der Waals surface area contributed by atoms with E-state index in [2.05, 4.69) is 15.3 Å². The van der Waals surface area contributed by atoms with Gasteiger partial charge in [0.15, 0.2) is 5.82 Å². The predicted molar refractivity (Wildman–Crippen MR) is 134 cm³/mol. The molecule has 0 unspecified atom stereocenters. The number of methoxy groups -OCH3 is 2. The molecule has 1 saturated heterocycles. The molecular weight excluding hydrogens is 487 g/mol. The lowest BCUT2D eigenvalue weighted by molar-refractivity contribution is -0.137. The largest absolute Gasteiger partial charge is 0.497 e. The summed E-state index contributed by atoms with van der Waals surface area (Å²) in [5.74, 6) is 2.00. The fraction of sp³-hybridized carbons (Fsp3) is 0.346. The number of rotatable bonds is 5. The van der Waals surface area contributed by atoms with Crippen LogP contribution in [0.5, 0.6) is 11.5 Å². The molecule has 3 aromatic rings. The number of carbonyl (C=O) groups is 1. The molecule has 0 atom stereocenters. The van der Waals surface area contributed by atoms with Gasteiger partial charge in [0.2, 0.25) is 0 Å². The normalized spacial score (nSPS) is 13.9. The van der Waals surface area contributed by atoms with Crippen molar-refractivity contribution in [2.24, 2.45) is 0 Å². The highest BCUT2D eigenvalue weighted by molar-refractivity contribution is 5.90. The van der Waals surface area contributed by atoms with E-state index in [1.165, 1.54) is 20.3 Å². The molecular formula is C26H28F3N5O3. The summed E-state index contributed by atoms with van der Waals surface area (Å²) in [6.07, 6.45) is -4.45. The van der Waals surface area contributed by atoms with Gasteiger partial charge < -0.3 is 24.6 Å². The van der Waals surface area contributed by atoms with Gasteiger partial charge in [-0.05, 0) is 26.0 Å². The van der Waals surface area contributed by atoms with Gasteiger partial charge in [-0.2, -0.15) is 13.2 Å². The van der Waals surface area contributed by atoms with Crippen LogP contribution in [-0.2, 0) is 6.18 Å². The molecule has 2 amide bonds. The molecule has 1 aromatic heterocycles. The van der Waals surface area contributed by atoms with Gasteiger partial charge >= 0.3 is 12.2 Å². The van der Waals surface area contributed by atoms with E-state index in [0.717, 1.165) is 17.7 Å². The molecule has 0 radical (unpaired) electrons. The average molecular weight is 516 g/mol. The lowest BCUT2D eigenvalue weighted by Crippen LogP contribution is -2.50. The van der Waals surface area contributed by atoms with E-state index in [9.17, 15) is 18.0 Å². The van der Waals surface area contributed by atoms with Crippen LogP contribution in [0.25, 0.3) is 11.4 Å². The molecule has 0 aliphatic carbocycles. The first kappa shape index (κ1) is 26.1. The molecule has 2 heterocycles. The molecule has 1 aliphatic heterocycles. The Bertz CT molecular complexity index is 1270. The van der Waals surface area contributed by atoms with Gasteiger partial charge in [0, 0.05) is 66.9 Å². The van der Waals surface area contributed by atoms with Crippen molar-refractivity contribution in [3.63, 3.8) is 0 Å². The maximum absolute atomic E-state index is 13.2. The van der Waals surface area contributed by atoms with Gasteiger partial charge in [-0.25, -0.2) is 14.8 Å². The second kappa shape index (κ2) is 10.5. The van der Waals surface area contributed by atoms with E-state index in [0.29, 0.717) is 60.4 Å². The third kappa shape index (κ3) is 5.87. The summed E-state index contributed by atoms with van der Waals surface area (Å²) >= 11 is 0. The number of hydrogen-bond acceptors (Lipinski definition) is 6. The highest BCUT2D eigenvalue weighted by Crippen LogP contribution is 2.33. The summed E-state index contributed by atoms with van der Waals surface area (Å²) in [4.78, 5) is 25.7. The maximum Gasteiger partial charge on any atom is 0.416 e. The number of piperazine rings is 1. The minimum atomic E-state index is -4.45. The van der Waals surface area contributed by atoms with Crippen molar-refractivity contribution in [1.82, 2.24) is 14.9 Å². The van der Waals surface area contributed by atoms with E-state index in [-0.39, 0.29) is 11.9 Å². The zero-order valence-corrected chi connectivity index (χ0v) is 21.0. The Morgan fingerprint density at radius 3 is 2.19 bits per heavy atom. The number of hydrogen-bond donors (Lipinski definition) is 1. The third-order valence-electron chi connectivity index (χ3n) is 6.28. The summed E-state index contributed by atoms with van der Waals surface area (Å²) in [6, 6.07) is 9.88. The van der Waals surface area contributed by atoms with Crippen LogP contribution in [0.1, 0.15) is 16.8 Å². The van der Waals surface area contributed by atoms with Crippen LogP contribution in [0.15, 0.2) is 42.5 Å². The molecule has 4 rings (SSSR count). The fourth-order valence-electron chi connectivity index (χ4n) is 4.09. The van der Waals surface area contributed by atoms with Crippen molar-refractivity contribution in [3.8, 4) is 22.9 Å². The van der Waals surface area contributed by atoms with Crippen molar-refractivity contribution in [3.05, 3.63) is 59.3 Å². The number of alkyl halides is 3. The Balaban J connectivity index is 1.48. The van der Waals surface area contributed by atoms with Crippen molar-refractivity contribution in [2.45, 2.75) is 20.0 Å². The van der Waals surface area contributed by atoms with Gasteiger partial charge in [-0.15, -0.1) is 0 Å². The number of carbonyl (C=O) groups excluding carboxylic acids is 1. The minimum absolute atomic E-state index is 0.233. The van der Waals surface area contributed by atoms with Gasteiger partial charge in [0.25, 0.3) is 0 Å². The summed E-state index contributed by atoms with van der Waals surface area (Å²) < 4.78 is 50.1. The Kier molecular flexibility index (Phi) is 7.42. The quantitative estimate of drug-likeness (QED) is 0.506.